The number of ether oxygens (including phenoxy) is 2. The molecule has 0 aromatic heterocycles. The topological polar surface area (TPSA) is 50.7 Å². The highest BCUT2D eigenvalue weighted by Crippen LogP contribution is 2.29. The summed E-state index contributed by atoms with van der Waals surface area (Å²) in [5, 5.41) is 13.8. The van der Waals surface area contributed by atoms with Gasteiger partial charge in [-0.1, -0.05) is 25.0 Å². The number of benzene rings is 1. The van der Waals surface area contributed by atoms with Crippen molar-refractivity contribution in [2.75, 3.05) is 26.9 Å². The van der Waals surface area contributed by atoms with Gasteiger partial charge in [-0.3, -0.25) is 0 Å². The lowest BCUT2D eigenvalue weighted by Crippen LogP contribution is -2.39. The Morgan fingerprint density at radius 3 is 2.48 bits per heavy atom. The highest BCUT2D eigenvalue weighted by Gasteiger charge is 2.30. The van der Waals surface area contributed by atoms with Crippen LogP contribution in [0.3, 0.4) is 0 Å². The van der Waals surface area contributed by atoms with Crippen LogP contribution < -0.4 is 10.1 Å². The van der Waals surface area contributed by atoms with Crippen LogP contribution in [0.15, 0.2) is 24.3 Å². The van der Waals surface area contributed by atoms with Crippen molar-refractivity contribution in [3.05, 3.63) is 29.8 Å². The van der Waals surface area contributed by atoms with Crippen molar-refractivity contribution in [2.24, 2.45) is 0 Å². The summed E-state index contributed by atoms with van der Waals surface area (Å²) >= 11 is 0. The molecule has 0 spiro atoms. The van der Waals surface area contributed by atoms with E-state index in [1.165, 1.54) is 5.56 Å². The zero-order valence-corrected chi connectivity index (χ0v) is 13.1. The van der Waals surface area contributed by atoms with E-state index < -0.39 is 5.60 Å². The third-order valence-electron chi connectivity index (χ3n) is 4.21. The maximum Gasteiger partial charge on any atom is 0.119 e. The second-order valence-electron chi connectivity index (χ2n) is 5.94. The van der Waals surface area contributed by atoms with Crippen LogP contribution in [0.2, 0.25) is 0 Å². The van der Waals surface area contributed by atoms with Gasteiger partial charge in [-0.25, -0.2) is 0 Å². The molecule has 1 fully saturated rings. The first-order valence-electron chi connectivity index (χ1n) is 7.80. The minimum atomic E-state index is -0.503. The van der Waals surface area contributed by atoms with Gasteiger partial charge in [0.25, 0.3) is 0 Å². The molecular weight excluding hydrogens is 266 g/mol. The molecule has 0 heterocycles. The minimum Gasteiger partial charge on any atom is -0.491 e. The molecule has 0 aliphatic heterocycles. The number of aliphatic hydroxyl groups is 1. The van der Waals surface area contributed by atoms with E-state index in [2.05, 4.69) is 24.4 Å². The van der Waals surface area contributed by atoms with Crippen LogP contribution in [0.4, 0.5) is 0 Å². The van der Waals surface area contributed by atoms with Gasteiger partial charge in [-0.2, -0.15) is 0 Å². The van der Waals surface area contributed by atoms with E-state index in [9.17, 15) is 5.11 Å². The van der Waals surface area contributed by atoms with Crippen molar-refractivity contribution in [1.82, 2.24) is 5.32 Å². The minimum absolute atomic E-state index is 0.225. The summed E-state index contributed by atoms with van der Waals surface area (Å²) in [6.45, 7) is 3.95. The van der Waals surface area contributed by atoms with E-state index in [1.807, 2.05) is 12.1 Å². The van der Waals surface area contributed by atoms with Crippen molar-refractivity contribution in [3.8, 4) is 5.75 Å². The fraction of sp³-hybridized carbons (Fsp3) is 0.647. The first-order chi connectivity index (χ1) is 10.1. The molecule has 4 nitrogen and oxygen atoms in total. The van der Waals surface area contributed by atoms with E-state index in [0.717, 1.165) is 31.4 Å². The van der Waals surface area contributed by atoms with Crippen molar-refractivity contribution in [3.63, 3.8) is 0 Å². The average Bonchev–Trinajstić information content (AvgIpc) is 2.93. The second-order valence-corrected chi connectivity index (χ2v) is 5.94. The molecule has 21 heavy (non-hydrogen) atoms. The summed E-state index contributed by atoms with van der Waals surface area (Å²) in [6, 6.07) is 8.32. The predicted octanol–water partition coefficient (Wildman–Crippen LogP) is 2.67. The van der Waals surface area contributed by atoms with Crippen LogP contribution in [0.5, 0.6) is 5.75 Å². The Balaban J connectivity index is 1.80. The van der Waals surface area contributed by atoms with E-state index in [4.69, 9.17) is 9.47 Å². The van der Waals surface area contributed by atoms with Crippen molar-refractivity contribution in [2.45, 2.75) is 44.2 Å². The summed E-state index contributed by atoms with van der Waals surface area (Å²) in [7, 11) is 1.66. The van der Waals surface area contributed by atoms with Gasteiger partial charge in [0.15, 0.2) is 0 Å². The molecule has 0 saturated heterocycles. The Morgan fingerprint density at radius 2 is 1.86 bits per heavy atom. The smallest absolute Gasteiger partial charge is 0.119 e. The van der Waals surface area contributed by atoms with Crippen molar-refractivity contribution < 1.29 is 14.6 Å². The van der Waals surface area contributed by atoms with Gasteiger partial charge in [0.05, 0.1) is 12.2 Å². The van der Waals surface area contributed by atoms with Gasteiger partial charge >= 0.3 is 0 Å². The van der Waals surface area contributed by atoms with Crippen LogP contribution >= 0.6 is 0 Å². The largest absolute Gasteiger partial charge is 0.491 e. The maximum absolute atomic E-state index is 10.4. The molecule has 1 aromatic rings. The highest BCUT2D eigenvalue weighted by molar-refractivity contribution is 5.29. The molecule has 0 amide bonds. The quantitative estimate of drug-likeness (QED) is 0.724. The summed E-state index contributed by atoms with van der Waals surface area (Å²) < 4.78 is 10.5. The molecule has 1 aromatic carbocycles. The SMILES string of the molecule is COCCOc1ccc(C(C)NCC2(O)CCCC2)cc1. The molecule has 118 valence electrons. The molecule has 1 aliphatic rings. The lowest BCUT2D eigenvalue weighted by Gasteiger charge is -2.25. The first kappa shape index (κ1) is 16.3. The number of rotatable bonds is 8. The lowest BCUT2D eigenvalue weighted by molar-refractivity contribution is 0.0453. The predicted molar refractivity (Wildman–Crippen MR) is 83.6 cm³/mol. The Labute approximate surface area is 127 Å². The third-order valence-corrected chi connectivity index (χ3v) is 4.21. The second kappa shape index (κ2) is 7.78. The van der Waals surface area contributed by atoms with Gasteiger partial charge in [0, 0.05) is 19.7 Å². The van der Waals surface area contributed by atoms with Crippen LogP contribution in [-0.2, 0) is 4.74 Å². The van der Waals surface area contributed by atoms with Gasteiger partial charge < -0.3 is 19.9 Å². The Hall–Kier alpha value is -1.10. The Kier molecular flexibility index (Phi) is 6.03. The zero-order valence-electron chi connectivity index (χ0n) is 13.1. The summed E-state index contributed by atoms with van der Waals surface area (Å²) in [5.41, 5.74) is 0.702. The van der Waals surface area contributed by atoms with E-state index in [0.29, 0.717) is 19.8 Å². The standard InChI is InChI=1S/C17H27NO3/c1-14(18-13-17(19)9-3-4-10-17)15-5-7-16(8-6-15)21-12-11-20-2/h5-8,14,18-19H,3-4,9-13H2,1-2H3. The number of hydrogen-bond acceptors (Lipinski definition) is 4. The normalized spacial score (nSPS) is 18.6. The molecule has 2 rings (SSSR count). The molecule has 0 radical (unpaired) electrons. The number of hydrogen-bond donors (Lipinski definition) is 2. The molecule has 1 aliphatic carbocycles. The van der Waals surface area contributed by atoms with E-state index in [-0.39, 0.29) is 6.04 Å². The van der Waals surface area contributed by atoms with Gasteiger partial charge in [0.2, 0.25) is 0 Å². The Morgan fingerprint density at radius 1 is 1.19 bits per heavy atom. The third kappa shape index (κ3) is 4.99. The monoisotopic (exact) mass is 293 g/mol. The fourth-order valence-electron chi connectivity index (χ4n) is 2.77. The average molecular weight is 293 g/mol. The molecule has 1 atom stereocenters. The summed E-state index contributed by atoms with van der Waals surface area (Å²) in [4.78, 5) is 0. The van der Waals surface area contributed by atoms with Gasteiger partial charge in [0.1, 0.15) is 12.4 Å². The Bertz CT molecular complexity index is 413. The van der Waals surface area contributed by atoms with E-state index in [1.54, 1.807) is 7.11 Å². The van der Waals surface area contributed by atoms with Crippen LogP contribution in [0.1, 0.15) is 44.2 Å². The van der Waals surface area contributed by atoms with Gasteiger partial charge in [-0.05, 0) is 37.5 Å². The molecule has 2 N–H and O–H groups in total. The van der Waals surface area contributed by atoms with E-state index >= 15 is 0 Å². The van der Waals surface area contributed by atoms with Crippen LogP contribution in [0.25, 0.3) is 0 Å². The lowest BCUT2D eigenvalue weighted by atomic mass is 10.0. The summed E-state index contributed by atoms with van der Waals surface area (Å²) in [6.07, 6.45) is 4.11. The first-order valence-corrected chi connectivity index (χ1v) is 7.80. The molecule has 1 unspecified atom stereocenters. The molecular formula is C17H27NO3. The van der Waals surface area contributed by atoms with Gasteiger partial charge in [-0.15, -0.1) is 0 Å². The molecule has 4 heteroatoms. The number of methoxy groups -OCH3 is 1. The molecule has 1 saturated carbocycles. The van der Waals surface area contributed by atoms with Crippen LogP contribution in [-0.4, -0.2) is 37.6 Å². The fourth-order valence-corrected chi connectivity index (χ4v) is 2.77. The van der Waals surface area contributed by atoms with Crippen molar-refractivity contribution >= 4 is 0 Å². The highest BCUT2D eigenvalue weighted by atomic mass is 16.5. The summed E-state index contributed by atoms with van der Waals surface area (Å²) in [5.74, 6) is 0.859. The maximum atomic E-state index is 10.4. The van der Waals surface area contributed by atoms with Crippen molar-refractivity contribution in [1.29, 1.82) is 0 Å². The van der Waals surface area contributed by atoms with Crippen LogP contribution in [0, 0.1) is 0 Å². The molecule has 0 bridgehead atoms. The number of nitrogens with one attached hydrogen (secondary N) is 1. The zero-order chi connectivity index (χ0) is 15.1.